The van der Waals surface area contributed by atoms with E-state index >= 15 is 0 Å². The fourth-order valence-electron chi connectivity index (χ4n) is 3.14. The van der Waals surface area contributed by atoms with Gasteiger partial charge in [-0.2, -0.15) is 0 Å². The normalized spacial score (nSPS) is 12.7. The van der Waals surface area contributed by atoms with E-state index in [4.69, 9.17) is 11.6 Å². The number of carbonyl (C=O) groups excluding carboxylic acids is 2. The summed E-state index contributed by atoms with van der Waals surface area (Å²) < 4.78 is 26.7. The molecular weight excluding hydrogens is 530 g/mol. The van der Waals surface area contributed by atoms with Gasteiger partial charge in [0.2, 0.25) is 21.8 Å². The molecule has 0 aromatic heterocycles. The molecule has 0 saturated carbocycles. The number of nitrogens with one attached hydrogen (secondary N) is 1. The fourth-order valence-corrected chi connectivity index (χ4v) is 4.83. The predicted octanol–water partition coefficient (Wildman–Crippen LogP) is 4.20. The Labute approximate surface area is 209 Å². The first-order valence-corrected chi connectivity index (χ1v) is 13.3. The smallest absolute Gasteiger partial charge is 0.244 e. The van der Waals surface area contributed by atoms with Crippen molar-refractivity contribution in [3.63, 3.8) is 0 Å². The van der Waals surface area contributed by atoms with Gasteiger partial charge in [-0.1, -0.05) is 35.9 Å². The Morgan fingerprint density at radius 2 is 1.76 bits per heavy atom. The van der Waals surface area contributed by atoms with Gasteiger partial charge in [-0.15, -0.1) is 0 Å². The summed E-state index contributed by atoms with van der Waals surface area (Å²) in [6.45, 7) is 6.78. The third kappa shape index (κ3) is 8.01. The molecule has 0 saturated heterocycles. The Kier molecular flexibility index (Phi) is 8.95. The highest BCUT2D eigenvalue weighted by Gasteiger charge is 2.31. The SMILES string of the molecule is CC(C(=O)NC(C)(C)C)N(Cc1cccc(Cl)c1)C(=O)CN(c1ccccc1Br)S(C)(=O)=O. The van der Waals surface area contributed by atoms with Crippen LogP contribution in [0.15, 0.2) is 53.0 Å². The van der Waals surface area contributed by atoms with E-state index in [1.54, 1.807) is 55.5 Å². The van der Waals surface area contributed by atoms with E-state index in [0.717, 1.165) is 16.1 Å². The lowest BCUT2D eigenvalue weighted by Gasteiger charge is -2.33. The fraction of sp³-hybridized carbons (Fsp3) is 0.391. The van der Waals surface area contributed by atoms with Crippen LogP contribution in [0.25, 0.3) is 0 Å². The molecule has 2 amide bonds. The quantitative estimate of drug-likeness (QED) is 0.526. The Morgan fingerprint density at radius 1 is 1.12 bits per heavy atom. The van der Waals surface area contributed by atoms with Gasteiger partial charge < -0.3 is 10.2 Å². The van der Waals surface area contributed by atoms with E-state index < -0.39 is 34.1 Å². The molecule has 1 N–H and O–H groups in total. The molecule has 180 valence electrons. The van der Waals surface area contributed by atoms with E-state index in [1.165, 1.54) is 4.90 Å². The maximum absolute atomic E-state index is 13.5. The van der Waals surface area contributed by atoms with Crippen molar-refractivity contribution in [1.82, 2.24) is 10.2 Å². The molecule has 2 rings (SSSR count). The van der Waals surface area contributed by atoms with Crippen LogP contribution in [-0.4, -0.2) is 49.5 Å². The molecule has 1 atom stereocenters. The number of carbonyl (C=O) groups is 2. The highest BCUT2D eigenvalue weighted by Crippen LogP contribution is 2.28. The molecule has 0 fully saturated rings. The molecule has 0 aliphatic heterocycles. The van der Waals surface area contributed by atoms with Gasteiger partial charge >= 0.3 is 0 Å². The molecule has 0 aliphatic rings. The van der Waals surface area contributed by atoms with E-state index in [0.29, 0.717) is 15.2 Å². The number of para-hydroxylation sites is 1. The van der Waals surface area contributed by atoms with Crippen molar-refractivity contribution in [2.75, 3.05) is 17.1 Å². The van der Waals surface area contributed by atoms with Crippen LogP contribution in [0.3, 0.4) is 0 Å². The van der Waals surface area contributed by atoms with E-state index in [2.05, 4.69) is 21.2 Å². The van der Waals surface area contributed by atoms with Gasteiger partial charge in [-0.25, -0.2) is 8.42 Å². The summed E-state index contributed by atoms with van der Waals surface area (Å²) in [5, 5.41) is 3.38. The minimum absolute atomic E-state index is 0.0890. The van der Waals surface area contributed by atoms with Gasteiger partial charge in [0.05, 0.1) is 11.9 Å². The summed E-state index contributed by atoms with van der Waals surface area (Å²) in [4.78, 5) is 27.7. The molecule has 0 radical (unpaired) electrons. The van der Waals surface area contributed by atoms with Crippen molar-refractivity contribution >= 4 is 55.1 Å². The van der Waals surface area contributed by atoms with Crippen LogP contribution in [0, 0.1) is 0 Å². The number of hydrogen-bond donors (Lipinski definition) is 1. The summed E-state index contributed by atoms with van der Waals surface area (Å²) in [5.41, 5.74) is 0.560. The monoisotopic (exact) mass is 557 g/mol. The molecule has 0 spiro atoms. The first-order chi connectivity index (χ1) is 15.2. The van der Waals surface area contributed by atoms with E-state index in [-0.39, 0.29) is 12.5 Å². The van der Waals surface area contributed by atoms with Crippen molar-refractivity contribution in [3.8, 4) is 0 Å². The predicted molar refractivity (Wildman–Crippen MR) is 136 cm³/mol. The number of amides is 2. The van der Waals surface area contributed by atoms with Crippen molar-refractivity contribution in [2.24, 2.45) is 0 Å². The van der Waals surface area contributed by atoms with Gasteiger partial charge in [0.25, 0.3) is 0 Å². The van der Waals surface area contributed by atoms with Gasteiger partial charge in [0.1, 0.15) is 12.6 Å². The van der Waals surface area contributed by atoms with Crippen LogP contribution in [0.5, 0.6) is 0 Å². The summed E-state index contributed by atoms with van der Waals surface area (Å²) in [7, 11) is -3.79. The standard InChI is InChI=1S/C23H29BrClN3O4S/c1-16(22(30)26-23(2,3)4)27(14-17-9-8-10-18(25)13-17)21(29)15-28(33(5,31)32)20-12-7-6-11-19(20)24/h6-13,16H,14-15H2,1-5H3,(H,26,30). The molecular formula is C23H29BrClN3O4S. The topological polar surface area (TPSA) is 86.8 Å². The molecule has 1 unspecified atom stereocenters. The lowest BCUT2D eigenvalue weighted by atomic mass is 10.1. The maximum Gasteiger partial charge on any atom is 0.244 e. The lowest BCUT2D eigenvalue weighted by molar-refractivity contribution is -0.140. The van der Waals surface area contributed by atoms with Crippen molar-refractivity contribution in [3.05, 3.63) is 63.6 Å². The molecule has 10 heteroatoms. The zero-order chi connectivity index (χ0) is 25.0. The Bertz CT molecular complexity index is 1120. The maximum atomic E-state index is 13.5. The largest absolute Gasteiger partial charge is 0.350 e. The van der Waals surface area contributed by atoms with E-state index in [1.807, 2.05) is 20.8 Å². The summed E-state index contributed by atoms with van der Waals surface area (Å²) >= 11 is 9.46. The van der Waals surface area contributed by atoms with Crippen LogP contribution in [0.1, 0.15) is 33.3 Å². The van der Waals surface area contributed by atoms with Crippen LogP contribution in [0.2, 0.25) is 5.02 Å². The first-order valence-electron chi connectivity index (χ1n) is 10.3. The van der Waals surface area contributed by atoms with Gasteiger partial charge in [-0.3, -0.25) is 13.9 Å². The second kappa shape index (κ2) is 10.9. The Morgan fingerprint density at radius 3 is 2.30 bits per heavy atom. The zero-order valence-electron chi connectivity index (χ0n) is 19.3. The highest BCUT2D eigenvalue weighted by molar-refractivity contribution is 9.10. The van der Waals surface area contributed by atoms with Crippen LogP contribution < -0.4 is 9.62 Å². The third-order valence-corrected chi connectivity index (χ3v) is 6.74. The van der Waals surface area contributed by atoms with E-state index in [9.17, 15) is 18.0 Å². The molecule has 0 aliphatic carbocycles. The van der Waals surface area contributed by atoms with Gasteiger partial charge in [0.15, 0.2) is 0 Å². The second-order valence-corrected chi connectivity index (χ2v) is 12.0. The molecule has 2 aromatic carbocycles. The molecule has 0 heterocycles. The van der Waals surface area contributed by atoms with Crippen LogP contribution >= 0.6 is 27.5 Å². The average Bonchev–Trinajstić information content (AvgIpc) is 2.68. The molecule has 33 heavy (non-hydrogen) atoms. The second-order valence-electron chi connectivity index (χ2n) is 8.79. The van der Waals surface area contributed by atoms with Crippen molar-refractivity contribution in [2.45, 2.75) is 45.8 Å². The summed E-state index contributed by atoms with van der Waals surface area (Å²) in [6.07, 6.45) is 1.04. The number of benzene rings is 2. The first kappa shape index (κ1) is 27.1. The van der Waals surface area contributed by atoms with Crippen LogP contribution in [0.4, 0.5) is 5.69 Å². The average molecular weight is 559 g/mol. The van der Waals surface area contributed by atoms with Crippen molar-refractivity contribution in [1.29, 1.82) is 0 Å². The Hall–Kier alpha value is -2.10. The number of anilines is 1. The minimum atomic E-state index is -3.79. The number of rotatable bonds is 8. The van der Waals surface area contributed by atoms with Crippen LogP contribution in [-0.2, 0) is 26.2 Å². The van der Waals surface area contributed by atoms with Crippen molar-refractivity contribution < 1.29 is 18.0 Å². The number of halogens is 2. The lowest BCUT2D eigenvalue weighted by Crippen LogP contribution is -2.54. The molecule has 2 aromatic rings. The molecule has 7 nitrogen and oxygen atoms in total. The highest BCUT2D eigenvalue weighted by atomic mass is 79.9. The number of hydrogen-bond acceptors (Lipinski definition) is 4. The summed E-state index contributed by atoms with van der Waals surface area (Å²) in [5.74, 6) is -0.864. The summed E-state index contributed by atoms with van der Waals surface area (Å²) in [6, 6.07) is 12.9. The molecule has 0 bridgehead atoms. The number of sulfonamides is 1. The third-order valence-electron chi connectivity index (χ3n) is 4.71. The van der Waals surface area contributed by atoms with Gasteiger partial charge in [0, 0.05) is 21.6 Å². The number of nitrogens with zero attached hydrogens (tertiary/aromatic N) is 2. The zero-order valence-corrected chi connectivity index (χ0v) is 22.5. The van der Waals surface area contributed by atoms with Gasteiger partial charge in [-0.05, 0) is 73.5 Å². The minimum Gasteiger partial charge on any atom is -0.350 e. The Balaban J connectivity index is 2.42.